The third-order valence-corrected chi connectivity index (χ3v) is 5.92. The van der Waals surface area contributed by atoms with Crippen molar-refractivity contribution in [2.24, 2.45) is 0 Å². The van der Waals surface area contributed by atoms with Gasteiger partial charge in [-0.25, -0.2) is 0 Å². The van der Waals surface area contributed by atoms with E-state index in [2.05, 4.69) is 15.2 Å². The Morgan fingerprint density at radius 3 is 2.84 bits per heavy atom. The van der Waals surface area contributed by atoms with E-state index >= 15 is 0 Å². The van der Waals surface area contributed by atoms with Crippen LogP contribution in [0, 0.1) is 6.92 Å². The highest BCUT2D eigenvalue weighted by molar-refractivity contribution is 6.33. The average Bonchev–Trinajstić information content (AvgIpc) is 2.80. The molecule has 1 amide bonds. The van der Waals surface area contributed by atoms with E-state index in [1.807, 2.05) is 19.1 Å². The number of likely N-dealkylation sites (tertiary alicyclic amines) is 1. The van der Waals surface area contributed by atoms with E-state index in [-0.39, 0.29) is 18.1 Å². The van der Waals surface area contributed by atoms with Gasteiger partial charge in [-0.15, -0.1) is 0 Å². The number of ether oxygens (including phenoxy) is 3. The van der Waals surface area contributed by atoms with Gasteiger partial charge in [-0.05, 0) is 38.0 Å². The van der Waals surface area contributed by atoms with Crippen molar-refractivity contribution in [1.29, 1.82) is 0 Å². The first-order valence-electron chi connectivity index (χ1n) is 10.7. The maximum Gasteiger partial charge on any atom is 0.255 e. The Bertz CT molecular complexity index is 910. The van der Waals surface area contributed by atoms with Crippen molar-refractivity contribution in [2.45, 2.75) is 31.9 Å². The summed E-state index contributed by atoms with van der Waals surface area (Å²) in [6, 6.07) is 6.85. The fraction of sp³-hybridized carbons (Fsp3) is 0.478. The Hall–Kier alpha value is -2.55. The number of nitrogen functional groups attached to an aromatic ring is 1. The molecule has 2 atom stereocenters. The van der Waals surface area contributed by atoms with Gasteiger partial charge in [-0.3, -0.25) is 9.78 Å². The largest absolute Gasteiger partial charge is 0.496 e. The predicted molar refractivity (Wildman–Crippen MR) is 125 cm³/mol. The summed E-state index contributed by atoms with van der Waals surface area (Å²) in [5.74, 6) is 0.911. The van der Waals surface area contributed by atoms with Crippen molar-refractivity contribution in [3.8, 4) is 11.5 Å². The van der Waals surface area contributed by atoms with Crippen LogP contribution in [0.4, 0.5) is 5.69 Å². The molecule has 0 saturated carbocycles. The molecule has 1 aliphatic rings. The van der Waals surface area contributed by atoms with E-state index in [9.17, 15) is 4.79 Å². The predicted octanol–water partition coefficient (Wildman–Crippen LogP) is 2.92. The summed E-state index contributed by atoms with van der Waals surface area (Å²) in [6.07, 6.45) is 3.29. The van der Waals surface area contributed by atoms with E-state index in [4.69, 9.17) is 31.5 Å². The number of aromatic nitrogens is 1. The van der Waals surface area contributed by atoms with Crippen LogP contribution in [0.25, 0.3) is 0 Å². The van der Waals surface area contributed by atoms with Gasteiger partial charge in [-0.2, -0.15) is 0 Å². The number of methoxy groups -OCH3 is 2. The van der Waals surface area contributed by atoms with Gasteiger partial charge in [0.15, 0.2) is 0 Å². The fourth-order valence-electron chi connectivity index (χ4n) is 3.77. The van der Waals surface area contributed by atoms with Gasteiger partial charge in [0.25, 0.3) is 5.91 Å². The van der Waals surface area contributed by atoms with Crippen LogP contribution in [0.1, 0.15) is 28.9 Å². The second-order valence-corrected chi connectivity index (χ2v) is 8.26. The number of nitrogens with two attached hydrogens (primary N) is 1. The Kier molecular flexibility index (Phi) is 8.55. The Balaban J connectivity index is 1.49. The molecule has 0 bridgehead atoms. The first-order valence-corrected chi connectivity index (χ1v) is 11.0. The maximum atomic E-state index is 12.9. The molecule has 2 heterocycles. The van der Waals surface area contributed by atoms with Crippen molar-refractivity contribution < 1.29 is 19.0 Å². The van der Waals surface area contributed by atoms with Crippen LogP contribution in [0.3, 0.4) is 0 Å². The third kappa shape index (κ3) is 6.25. The van der Waals surface area contributed by atoms with E-state index in [0.29, 0.717) is 28.6 Å². The quantitative estimate of drug-likeness (QED) is 0.436. The van der Waals surface area contributed by atoms with Crippen LogP contribution in [0.5, 0.6) is 11.5 Å². The normalized spacial score (nSPS) is 18.9. The molecule has 1 aromatic heterocycles. The van der Waals surface area contributed by atoms with Crippen LogP contribution < -0.4 is 20.5 Å². The Labute approximate surface area is 194 Å². The van der Waals surface area contributed by atoms with Crippen molar-refractivity contribution in [2.75, 3.05) is 46.2 Å². The summed E-state index contributed by atoms with van der Waals surface area (Å²) in [7, 11) is 3.16. The number of anilines is 1. The number of rotatable bonds is 9. The summed E-state index contributed by atoms with van der Waals surface area (Å²) < 4.78 is 16.7. The standard InChI is InChI=1S/C23H31ClN4O4/c1-15-5-6-16(13-26-15)32-10-4-8-28-9-7-20(22(14-28)31-3)27-23(29)17-11-18(24)19(25)12-21(17)30-2/h5-6,11-13,20,22H,4,7-10,14,25H2,1-3H3,(H,27,29)/t20-,22+/m0/s1. The SMILES string of the molecule is COc1cc(N)c(Cl)cc1C(=O)N[C@H]1CCN(CCCOc2ccc(C)nc2)C[C@H]1OC. The number of aryl methyl sites for hydroxylation is 1. The van der Waals surface area contributed by atoms with Gasteiger partial charge in [0.2, 0.25) is 0 Å². The van der Waals surface area contributed by atoms with Gasteiger partial charge in [-0.1, -0.05) is 11.6 Å². The summed E-state index contributed by atoms with van der Waals surface area (Å²) in [4.78, 5) is 19.4. The Morgan fingerprint density at radius 1 is 1.34 bits per heavy atom. The molecule has 0 aliphatic carbocycles. The van der Waals surface area contributed by atoms with Gasteiger partial charge < -0.3 is 30.2 Å². The number of benzene rings is 1. The number of nitrogens with one attached hydrogen (secondary N) is 1. The molecule has 3 rings (SSSR count). The van der Waals surface area contributed by atoms with Gasteiger partial charge >= 0.3 is 0 Å². The molecule has 0 unspecified atom stereocenters. The van der Waals surface area contributed by atoms with Crippen LogP contribution in [-0.4, -0.2) is 68.4 Å². The lowest BCUT2D eigenvalue weighted by molar-refractivity contribution is 0.00527. The first-order chi connectivity index (χ1) is 15.4. The lowest BCUT2D eigenvalue weighted by Crippen LogP contribution is -2.55. The monoisotopic (exact) mass is 462 g/mol. The number of carbonyl (C=O) groups is 1. The molecule has 1 fully saturated rings. The molecule has 1 aliphatic heterocycles. The van der Waals surface area contributed by atoms with Crippen molar-refractivity contribution in [3.63, 3.8) is 0 Å². The molecule has 32 heavy (non-hydrogen) atoms. The van der Waals surface area contributed by atoms with Crippen LogP contribution >= 0.6 is 11.6 Å². The van der Waals surface area contributed by atoms with Gasteiger partial charge in [0.1, 0.15) is 11.5 Å². The molecule has 3 N–H and O–H groups in total. The van der Waals surface area contributed by atoms with Gasteiger partial charge in [0.05, 0.1) is 48.3 Å². The van der Waals surface area contributed by atoms with Crippen LogP contribution in [-0.2, 0) is 4.74 Å². The first kappa shape index (κ1) is 24.1. The molecule has 0 radical (unpaired) electrons. The van der Waals surface area contributed by atoms with Gasteiger partial charge in [0, 0.05) is 38.5 Å². The smallest absolute Gasteiger partial charge is 0.255 e. The lowest BCUT2D eigenvalue weighted by atomic mass is 10.0. The second-order valence-electron chi connectivity index (χ2n) is 7.85. The van der Waals surface area contributed by atoms with Crippen molar-refractivity contribution in [3.05, 3.63) is 46.7 Å². The molecule has 8 nitrogen and oxygen atoms in total. The number of hydrogen-bond donors (Lipinski definition) is 2. The summed E-state index contributed by atoms with van der Waals surface area (Å²) in [5.41, 5.74) is 7.50. The number of pyridine rings is 1. The zero-order valence-electron chi connectivity index (χ0n) is 18.8. The second kappa shape index (κ2) is 11.4. The van der Waals surface area contributed by atoms with Crippen molar-refractivity contribution in [1.82, 2.24) is 15.2 Å². The zero-order chi connectivity index (χ0) is 23.1. The number of piperidine rings is 1. The fourth-order valence-corrected chi connectivity index (χ4v) is 3.93. The minimum Gasteiger partial charge on any atom is -0.496 e. The molecule has 9 heteroatoms. The summed E-state index contributed by atoms with van der Waals surface area (Å²) >= 11 is 6.11. The van der Waals surface area contributed by atoms with E-state index < -0.39 is 0 Å². The highest BCUT2D eigenvalue weighted by atomic mass is 35.5. The number of nitrogens with zero attached hydrogens (tertiary/aromatic N) is 2. The van der Waals surface area contributed by atoms with Crippen LogP contribution in [0.15, 0.2) is 30.5 Å². The van der Waals surface area contributed by atoms with Crippen molar-refractivity contribution >= 4 is 23.2 Å². The van der Waals surface area contributed by atoms with E-state index in [1.54, 1.807) is 19.4 Å². The van der Waals surface area contributed by atoms with E-state index in [1.165, 1.54) is 13.2 Å². The maximum absolute atomic E-state index is 12.9. The number of hydrogen-bond acceptors (Lipinski definition) is 7. The average molecular weight is 463 g/mol. The minimum atomic E-state index is -0.260. The lowest BCUT2D eigenvalue weighted by Gasteiger charge is -2.38. The molecular formula is C23H31ClN4O4. The number of carbonyl (C=O) groups excluding carboxylic acids is 1. The number of amides is 1. The molecule has 2 aromatic rings. The summed E-state index contributed by atoms with van der Waals surface area (Å²) in [5, 5.41) is 3.39. The topological polar surface area (TPSA) is 98.9 Å². The Morgan fingerprint density at radius 2 is 2.16 bits per heavy atom. The third-order valence-electron chi connectivity index (χ3n) is 5.60. The molecule has 1 aromatic carbocycles. The highest BCUT2D eigenvalue weighted by Gasteiger charge is 2.31. The van der Waals surface area contributed by atoms with Crippen LogP contribution in [0.2, 0.25) is 5.02 Å². The zero-order valence-corrected chi connectivity index (χ0v) is 19.5. The molecule has 174 valence electrons. The number of halogens is 1. The highest BCUT2D eigenvalue weighted by Crippen LogP contribution is 2.29. The minimum absolute atomic E-state index is 0.111. The summed E-state index contributed by atoms with van der Waals surface area (Å²) in [6.45, 7) is 5.05. The molecule has 0 spiro atoms. The molecule has 1 saturated heterocycles. The van der Waals surface area contributed by atoms with E-state index in [0.717, 1.165) is 43.9 Å². The molecular weight excluding hydrogens is 432 g/mol.